The molecule has 6 aromatic carbocycles. The number of carbonyl (C=O) groups is 4. The van der Waals surface area contributed by atoms with Crippen molar-refractivity contribution in [2.24, 2.45) is 13.5 Å². The molecule has 0 amide bonds. The van der Waals surface area contributed by atoms with Crippen LogP contribution < -0.4 is 30.3 Å². The summed E-state index contributed by atoms with van der Waals surface area (Å²) in [6.45, 7) is 0. The van der Waals surface area contributed by atoms with Crippen LogP contribution in [0.4, 0.5) is 0 Å². The molecule has 16 heteroatoms. The Labute approximate surface area is 346 Å². The Hall–Kier alpha value is -6.51. The van der Waals surface area contributed by atoms with Gasteiger partial charge in [-0.25, -0.2) is 23.7 Å². The third kappa shape index (κ3) is 8.34. The summed E-state index contributed by atoms with van der Waals surface area (Å²) in [6, 6.07) is 46.5. The summed E-state index contributed by atoms with van der Waals surface area (Å²) in [4.78, 5) is 52.4. The highest BCUT2D eigenvalue weighted by molar-refractivity contribution is 7.95. The molecule has 0 spiro atoms. The molecule has 60 heavy (non-hydrogen) atoms. The van der Waals surface area contributed by atoms with E-state index >= 15 is 0 Å². The zero-order valence-electron chi connectivity index (χ0n) is 32.8. The second-order valence-corrected chi connectivity index (χ2v) is 20.9. The van der Waals surface area contributed by atoms with Crippen LogP contribution in [0.1, 0.15) is 41.4 Å². The van der Waals surface area contributed by atoms with Gasteiger partial charge in [0.05, 0.1) is 50.7 Å². The van der Waals surface area contributed by atoms with Crippen LogP contribution in [0.15, 0.2) is 171 Å². The number of esters is 4. The summed E-state index contributed by atoms with van der Waals surface area (Å²) < 4.78 is 51.5. The number of nitrogens with zero attached hydrogens (tertiary/aromatic N) is 3. The first-order chi connectivity index (χ1) is 29.1. The number of benzene rings is 6. The van der Waals surface area contributed by atoms with E-state index in [1.165, 1.54) is 64.8 Å². The van der Waals surface area contributed by atoms with Crippen LogP contribution in [0.5, 0.6) is 11.5 Å². The largest absolute Gasteiger partial charge is 0.465 e. The number of methoxy groups -OCH3 is 4. The molecule has 7 rings (SSSR count). The zero-order chi connectivity index (χ0) is 42.3. The summed E-state index contributed by atoms with van der Waals surface area (Å²) >= 11 is 0. The molecule has 1 aliphatic heterocycles. The average molecular weight is 862 g/mol. The first-order valence-electron chi connectivity index (χ1n) is 18.2. The maximum absolute atomic E-state index is 13.1. The van der Waals surface area contributed by atoms with Gasteiger partial charge in [0.1, 0.15) is 25.9 Å². The molecule has 13 nitrogen and oxygen atoms in total. The van der Waals surface area contributed by atoms with Crippen molar-refractivity contribution in [3.05, 3.63) is 180 Å². The zero-order valence-corrected chi connectivity index (χ0v) is 35.5. The lowest BCUT2D eigenvalue weighted by Crippen LogP contribution is -2.22. The maximum Gasteiger partial charge on any atom is 0.450 e. The summed E-state index contributed by atoms with van der Waals surface area (Å²) in [5.41, 5.74) is -0.129. The molecular weight excluding hydrogens is 823 g/mol. The molecule has 0 saturated heterocycles. The number of hydrogen-bond acceptors (Lipinski definition) is 13. The van der Waals surface area contributed by atoms with Gasteiger partial charge in [0.15, 0.2) is 0 Å². The fourth-order valence-corrected chi connectivity index (χ4v) is 19.6. The molecular formula is C44H38N3O10P3. The molecule has 304 valence electrons. The highest BCUT2D eigenvalue weighted by atomic mass is 31.3. The van der Waals surface area contributed by atoms with Gasteiger partial charge in [-0.3, -0.25) is 0 Å². The van der Waals surface area contributed by atoms with Crippen molar-refractivity contribution < 1.29 is 47.2 Å². The van der Waals surface area contributed by atoms with Crippen molar-refractivity contribution >= 4 is 67.2 Å². The number of hydrogen-bond donors (Lipinski definition) is 0. The van der Waals surface area contributed by atoms with Crippen molar-refractivity contribution in [1.82, 2.24) is 0 Å². The van der Waals surface area contributed by atoms with Gasteiger partial charge in [0, 0.05) is 21.2 Å². The van der Waals surface area contributed by atoms with Gasteiger partial charge in [0.2, 0.25) is 0 Å². The predicted octanol–water partition coefficient (Wildman–Crippen LogP) is 8.79. The van der Waals surface area contributed by atoms with E-state index in [1.54, 1.807) is 0 Å². The first-order valence-corrected chi connectivity index (χ1v) is 23.2. The van der Waals surface area contributed by atoms with Crippen LogP contribution in [0.2, 0.25) is 0 Å². The van der Waals surface area contributed by atoms with Crippen molar-refractivity contribution in [3.8, 4) is 11.5 Å². The van der Waals surface area contributed by atoms with Crippen molar-refractivity contribution in [1.29, 1.82) is 0 Å². The minimum absolute atomic E-state index is 0.0322. The smallest absolute Gasteiger partial charge is 0.450 e. The summed E-state index contributed by atoms with van der Waals surface area (Å²) in [5.74, 6) is -3.12. The topological polar surface area (TPSA) is 161 Å². The van der Waals surface area contributed by atoms with Crippen LogP contribution in [0.25, 0.3) is 0 Å². The molecule has 0 aromatic heterocycles. The van der Waals surface area contributed by atoms with Crippen molar-refractivity contribution in [3.63, 3.8) is 0 Å². The lowest BCUT2D eigenvalue weighted by molar-refractivity contribution is 0.0581. The lowest BCUT2D eigenvalue weighted by Gasteiger charge is -2.36. The molecule has 0 N–H and O–H groups in total. The van der Waals surface area contributed by atoms with E-state index in [0.29, 0.717) is 0 Å². The van der Waals surface area contributed by atoms with E-state index in [-0.39, 0.29) is 33.8 Å². The van der Waals surface area contributed by atoms with Crippen LogP contribution in [-0.4, -0.2) is 52.3 Å². The molecule has 6 aromatic rings. The van der Waals surface area contributed by atoms with Gasteiger partial charge < -0.3 is 28.0 Å². The number of ether oxygens (including phenoxy) is 4. The van der Waals surface area contributed by atoms with E-state index in [9.17, 15) is 19.2 Å². The van der Waals surface area contributed by atoms with E-state index in [0.717, 1.165) is 21.2 Å². The number of carbonyl (C=O) groups excluding carboxylic acids is 4. The van der Waals surface area contributed by atoms with Crippen LogP contribution in [0, 0.1) is 0 Å². The maximum atomic E-state index is 13.1. The van der Waals surface area contributed by atoms with Gasteiger partial charge >= 0.3 is 31.5 Å². The van der Waals surface area contributed by atoms with Gasteiger partial charge in [0.25, 0.3) is 0 Å². The van der Waals surface area contributed by atoms with Gasteiger partial charge in [-0.1, -0.05) is 121 Å². The molecule has 0 unspecified atom stereocenters. The predicted molar refractivity (Wildman–Crippen MR) is 232 cm³/mol. The minimum Gasteiger partial charge on any atom is -0.465 e. The summed E-state index contributed by atoms with van der Waals surface area (Å²) in [6.07, 6.45) is 0. The number of rotatable bonds is 12. The van der Waals surface area contributed by atoms with Crippen molar-refractivity contribution in [2.45, 2.75) is 0 Å². The Morgan fingerprint density at radius 3 is 0.900 bits per heavy atom. The third-order valence-corrected chi connectivity index (χ3v) is 20.1. The third-order valence-electron chi connectivity index (χ3n) is 9.15. The summed E-state index contributed by atoms with van der Waals surface area (Å²) in [7, 11) is -6.38. The monoisotopic (exact) mass is 861 g/mol. The SMILES string of the molecule is COC(=O)c1cc(OP2(Oc3cc(C(=O)OC)cc(C(=O)OC)c3)=NP(c3ccccc3)(c3ccccc3)=NP(c3ccccc3)(c3ccccc3)=N2)cc(C(=O)OC)c1. The Balaban J connectivity index is 1.70. The Bertz CT molecular complexity index is 2440. The highest BCUT2D eigenvalue weighted by Crippen LogP contribution is 2.77. The van der Waals surface area contributed by atoms with Gasteiger partial charge in [-0.15, -0.1) is 0 Å². The van der Waals surface area contributed by atoms with Crippen LogP contribution in [0.3, 0.4) is 0 Å². The lowest BCUT2D eigenvalue weighted by atomic mass is 10.1. The second-order valence-electron chi connectivity index (χ2n) is 12.9. The van der Waals surface area contributed by atoms with Gasteiger partial charge in [-0.2, -0.15) is 9.03 Å². The standard InChI is InChI=1S/C44H38N3O10P3/c1-52-41(48)31-25-32(42(49)53-2)28-35(27-31)56-60(57-36-29-33(43(50)54-3)26-34(30-36)44(51)55-4)46-58(37-17-9-5-10-18-37,38-19-11-6-12-20-38)45-59(47-60,39-21-13-7-14-22-39)40-23-15-8-16-24-40/h5-30H,1-4H3. The Morgan fingerprint density at radius 2 is 0.633 bits per heavy atom. The van der Waals surface area contributed by atoms with Crippen molar-refractivity contribution in [2.75, 3.05) is 28.4 Å². The van der Waals surface area contributed by atoms with Gasteiger partial charge in [-0.05, 0) is 36.4 Å². The Kier molecular flexibility index (Phi) is 12.3. The molecule has 1 aliphatic rings. The molecule has 0 fully saturated rings. The molecule has 0 radical (unpaired) electrons. The fraction of sp³-hybridized carbons (Fsp3) is 0.0909. The first kappa shape index (κ1) is 41.6. The van der Waals surface area contributed by atoms with Crippen LogP contribution in [-0.2, 0) is 18.9 Å². The van der Waals surface area contributed by atoms with E-state index < -0.39 is 45.9 Å². The molecule has 0 atom stereocenters. The second kappa shape index (κ2) is 17.8. The summed E-state index contributed by atoms with van der Waals surface area (Å²) in [5, 5.41) is 2.99. The average Bonchev–Trinajstić information content (AvgIpc) is 3.31. The van der Waals surface area contributed by atoms with E-state index in [4.69, 9.17) is 41.5 Å². The normalized spacial score (nSPS) is 14.4. The molecule has 0 bridgehead atoms. The van der Waals surface area contributed by atoms with Crippen LogP contribution >= 0.6 is 22.1 Å². The molecule has 1 heterocycles. The molecule has 0 aliphatic carbocycles. The quantitative estimate of drug-likeness (QED) is 0.0661. The van der Waals surface area contributed by atoms with E-state index in [2.05, 4.69) is 0 Å². The highest BCUT2D eigenvalue weighted by Gasteiger charge is 2.44. The Morgan fingerprint density at radius 1 is 0.367 bits per heavy atom. The molecule has 0 saturated carbocycles. The minimum atomic E-state index is -4.33. The fourth-order valence-electron chi connectivity index (χ4n) is 6.44. The van der Waals surface area contributed by atoms with E-state index in [1.807, 2.05) is 121 Å².